The number of Topliss-reactive ketones (excluding diaryl/α,β-unsaturated/α-hetero) is 2. The lowest BCUT2D eigenvalue weighted by Crippen LogP contribution is -2.50. The molecule has 0 aliphatic carbocycles. The molecule has 0 radical (unpaired) electrons. The van der Waals surface area contributed by atoms with Gasteiger partial charge in [-0.25, -0.2) is 0 Å². The molecule has 8 heteroatoms. The van der Waals surface area contributed by atoms with Gasteiger partial charge >= 0.3 is 0 Å². The van der Waals surface area contributed by atoms with E-state index in [4.69, 9.17) is 9.47 Å². The quantitative estimate of drug-likeness (QED) is 0.300. The Labute approximate surface area is 246 Å². The Morgan fingerprint density at radius 1 is 0.590 bits per heavy atom. The number of ether oxygens (including phenoxy) is 2. The number of carbonyl (C=O) groups excluding carboxylic acids is 2. The molecular formula is C31H44Cl2N2O4. The molecular weight excluding hydrogens is 535 g/mol. The van der Waals surface area contributed by atoms with E-state index in [9.17, 15) is 9.59 Å². The fourth-order valence-corrected chi connectivity index (χ4v) is 5.76. The van der Waals surface area contributed by atoms with Gasteiger partial charge in [0.25, 0.3) is 0 Å². The van der Waals surface area contributed by atoms with Crippen molar-refractivity contribution in [1.82, 2.24) is 9.80 Å². The van der Waals surface area contributed by atoms with E-state index >= 15 is 0 Å². The number of methoxy groups -OCH3 is 2. The van der Waals surface area contributed by atoms with E-state index in [1.165, 1.54) is 25.7 Å². The molecule has 0 saturated carbocycles. The Hall–Kier alpha value is -2.12. The van der Waals surface area contributed by atoms with E-state index in [-0.39, 0.29) is 48.5 Å². The highest BCUT2D eigenvalue weighted by molar-refractivity contribution is 6.03. The zero-order valence-corrected chi connectivity index (χ0v) is 24.9. The van der Waals surface area contributed by atoms with Gasteiger partial charge in [-0.15, -0.1) is 24.8 Å². The molecule has 4 rings (SSSR count). The highest BCUT2D eigenvalue weighted by Crippen LogP contribution is 2.26. The Balaban J connectivity index is 0.00000267. The predicted octanol–water partition coefficient (Wildman–Crippen LogP) is 6.49. The van der Waals surface area contributed by atoms with Crippen LogP contribution in [-0.4, -0.2) is 73.8 Å². The van der Waals surface area contributed by atoms with Crippen molar-refractivity contribution in [2.75, 3.05) is 40.4 Å². The second kappa shape index (κ2) is 16.9. The van der Waals surface area contributed by atoms with E-state index in [1.54, 1.807) is 14.2 Å². The molecule has 216 valence electrons. The SMILES string of the molecule is COc1ccc(C(=O)C(CC(C(=O)c2ccc(OC)cc2)N2CCCCCC2)N2CCCCCC2)cc1.Cl.Cl. The molecule has 39 heavy (non-hydrogen) atoms. The number of halogens is 2. The molecule has 2 aromatic carbocycles. The molecule has 0 amide bonds. The third-order valence-corrected chi connectivity index (χ3v) is 7.96. The van der Waals surface area contributed by atoms with Gasteiger partial charge in [0.2, 0.25) is 0 Å². The molecule has 0 bridgehead atoms. The van der Waals surface area contributed by atoms with Crippen LogP contribution in [-0.2, 0) is 0 Å². The van der Waals surface area contributed by atoms with Gasteiger partial charge in [0.15, 0.2) is 11.6 Å². The first-order chi connectivity index (χ1) is 18.1. The maximum absolute atomic E-state index is 14.1. The van der Waals surface area contributed by atoms with Gasteiger partial charge in [0, 0.05) is 11.1 Å². The largest absolute Gasteiger partial charge is 0.497 e. The van der Waals surface area contributed by atoms with Crippen LogP contribution >= 0.6 is 24.8 Å². The highest BCUT2D eigenvalue weighted by atomic mass is 35.5. The lowest BCUT2D eigenvalue weighted by molar-refractivity contribution is 0.0656. The lowest BCUT2D eigenvalue weighted by Gasteiger charge is -2.36. The predicted molar refractivity (Wildman–Crippen MR) is 161 cm³/mol. The van der Waals surface area contributed by atoms with Crippen LogP contribution in [0.1, 0.15) is 78.5 Å². The first-order valence-electron chi connectivity index (χ1n) is 14.0. The van der Waals surface area contributed by atoms with Gasteiger partial charge in [0.05, 0.1) is 26.3 Å². The molecule has 2 heterocycles. The maximum atomic E-state index is 14.1. The number of carbonyl (C=O) groups is 2. The van der Waals surface area contributed by atoms with Gasteiger partial charge in [-0.2, -0.15) is 0 Å². The molecule has 0 N–H and O–H groups in total. The summed E-state index contributed by atoms with van der Waals surface area (Å²) in [6.45, 7) is 3.60. The van der Waals surface area contributed by atoms with Crippen molar-refractivity contribution in [2.24, 2.45) is 0 Å². The van der Waals surface area contributed by atoms with E-state index in [0.717, 1.165) is 63.4 Å². The van der Waals surface area contributed by atoms with Crippen LogP contribution in [0.15, 0.2) is 48.5 Å². The van der Waals surface area contributed by atoms with Gasteiger partial charge in [-0.1, -0.05) is 25.7 Å². The Bertz CT molecular complexity index is 919. The van der Waals surface area contributed by atoms with E-state index in [1.807, 2.05) is 48.5 Å². The second-order valence-corrected chi connectivity index (χ2v) is 10.4. The zero-order valence-electron chi connectivity index (χ0n) is 23.3. The van der Waals surface area contributed by atoms with Crippen LogP contribution in [0.5, 0.6) is 11.5 Å². The number of likely N-dealkylation sites (tertiary alicyclic amines) is 2. The third-order valence-electron chi connectivity index (χ3n) is 7.96. The molecule has 2 unspecified atom stereocenters. The molecule has 0 spiro atoms. The average Bonchev–Trinajstić information content (AvgIpc) is 3.39. The van der Waals surface area contributed by atoms with Crippen molar-refractivity contribution in [3.8, 4) is 11.5 Å². The summed E-state index contributed by atoms with van der Waals surface area (Å²) in [4.78, 5) is 32.8. The van der Waals surface area contributed by atoms with E-state index in [0.29, 0.717) is 17.5 Å². The van der Waals surface area contributed by atoms with Crippen molar-refractivity contribution in [3.63, 3.8) is 0 Å². The van der Waals surface area contributed by atoms with Gasteiger partial charge in [0.1, 0.15) is 11.5 Å². The molecule has 2 fully saturated rings. The van der Waals surface area contributed by atoms with Crippen LogP contribution < -0.4 is 9.47 Å². The summed E-state index contributed by atoms with van der Waals surface area (Å²) in [6.07, 6.45) is 9.65. The van der Waals surface area contributed by atoms with E-state index in [2.05, 4.69) is 9.80 Å². The number of hydrogen-bond donors (Lipinski definition) is 0. The molecule has 2 aliphatic rings. The normalized spacial score (nSPS) is 18.3. The molecule has 2 atom stereocenters. The number of rotatable bonds is 10. The zero-order chi connectivity index (χ0) is 26.0. The minimum absolute atomic E-state index is 0. The summed E-state index contributed by atoms with van der Waals surface area (Å²) >= 11 is 0. The van der Waals surface area contributed by atoms with Crippen molar-refractivity contribution < 1.29 is 19.1 Å². The second-order valence-electron chi connectivity index (χ2n) is 10.4. The minimum atomic E-state index is -0.332. The molecule has 0 aromatic heterocycles. The Morgan fingerprint density at radius 2 is 0.897 bits per heavy atom. The van der Waals surface area contributed by atoms with Crippen LogP contribution in [0.3, 0.4) is 0 Å². The number of hydrogen-bond acceptors (Lipinski definition) is 6. The summed E-state index contributed by atoms with van der Waals surface area (Å²) in [5, 5.41) is 0. The van der Waals surface area contributed by atoms with Crippen LogP contribution in [0.25, 0.3) is 0 Å². The maximum Gasteiger partial charge on any atom is 0.180 e. The van der Waals surface area contributed by atoms with Crippen LogP contribution in [0, 0.1) is 0 Å². The summed E-state index contributed by atoms with van der Waals surface area (Å²) < 4.78 is 10.6. The summed E-state index contributed by atoms with van der Waals surface area (Å²) in [5.74, 6) is 1.68. The monoisotopic (exact) mass is 578 g/mol. The highest BCUT2D eigenvalue weighted by Gasteiger charge is 2.36. The van der Waals surface area contributed by atoms with Crippen molar-refractivity contribution in [2.45, 2.75) is 69.9 Å². The minimum Gasteiger partial charge on any atom is -0.497 e. The number of ketones is 2. The van der Waals surface area contributed by atoms with Crippen molar-refractivity contribution >= 4 is 36.4 Å². The molecule has 2 aliphatic heterocycles. The standard InChI is InChI=1S/C31H42N2O4.2ClH/c1-36-26-15-11-24(12-16-26)30(34)28(32-19-7-3-4-8-20-32)23-29(33-21-9-5-6-10-22-33)31(35)25-13-17-27(37-2)18-14-25;;/h11-18,28-29H,3-10,19-23H2,1-2H3;2*1H. The molecule has 2 saturated heterocycles. The van der Waals surface area contributed by atoms with Crippen LogP contribution in [0.2, 0.25) is 0 Å². The fourth-order valence-electron chi connectivity index (χ4n) is 5.76. The first kappa shape index (κ1) is 33.1. The topological polar surface area (TPSA) is 59.1 Å². The van der Waals surface area contributed by atoms with Gasteiger partial charge < -0.3 is 9.47 Å². The summed E-state index contributed by atoms with van der Waals surface area (Å²) in [7, 11) is 3.26. The smallest absolute Gasteiger partial charge is 0.180 e. The summed E-state index contributed by atoms with van der Waals surface area (Å²) in [5.41, 5.74) is 1.36. The molecule has 2 aromatic rings. The van der Waals surface area contributed by atoms with Crippen LogP contribution in [0.4, 0.5) is 0 Å². The molecule has 6 nitrogen and oxygen atoms in total. The average molecular weight is 580 g/mol. The third kappa shape index (κ3) is 8.94. The Kier molecular flexibility index (Phi) is 14.3. The summed E-state index contributed by atoms with van der Waals surface area (Å²) in [6, 6.07) is 14.2. The Morgan fingerprint density at radius 3 is 1.18 bits per heavy atom. The van der Waals surface area contributed by atoms with Crippen molar-refractivity contribution in [3.05, 3.63) is 59.7 Å². The van der Waals surface area contributed by atoms with Crippen molar-refractivity contribution in [1.29, 1.82) is 0 Å². The fraction of sp³-hybridized carbons (Fsp3) is 0.548. The lowest BCUT2D eigenvalue weighted by atomic mass is 9.91. The number of benzene rings is 2. The van der Waals surface area contributed by atoms with E-state index < -0.39 is 0 Å². The first-order valence-corrected chi connectivity index (χ1v) is 14.0. The van der Waals surface area contributed by atoms with Gasteiger partial charge in [-0.3, -0.25) is 19.4 Å². The number of nitrogens with zero attached hydrogens (tertiary/aromatic N) is 2. The van der Waals surface area contributed by atoms with Gasteiger partial charge in [-0.05, 0) is 107 Å².